The largest absolute Gasteiger partial charge is 0.356 e. The van der Waals surface area contributed by atoms with Gasteiger partial charge < -0.3 is 10.6 Å². The summed E-state index contributed by atoms with van der Waals surface area (Å²) >= 11 is 0. The molecule has 1 heterocycles. The van der Waals surface area contributed by atoms with Crippen LogP contribution < -0.4 is 10.6 Å². The van der Waals surface area contributed by atoms with Crippen molar-refractivity contribution in [2.24, 2.45) is 5.92 Å². The van der Waals surface area contributed by atoms with Gasteiger partial charge in [-0.3, -0.25) is 4.79 Å². The molecule has 5 nitrogen and oxygen atoms in total. The van der Waals surface area contributed by atoms with Gasteiger partial charge in [0, 0.05) is 25.4 Å². The Morgan fingerprint density at radius 2 is 2.12 bits per heavy atom. The third-order valence-corrected chi connectivity index (χ3v) is 4.05. The van der Waals surface area contributed by atoms with Crippen LogP contribution in [-0.4, -0.2) is 45.5 Å². The summed E-state index contributed by atoms with van der Waals surface area (Å²) < 4.78 is 21.8. The number of nitrogens with one attached hydrogen (secondary N) is 2. The van der Waals surface area contributed by atoms with Gasteiger partial charge in [-0.2, -0.15) is 0 Å². The average Bonchev–Trinajstić information content (AvgIpc) is 2.24. The van der Waals surface area contributed by atoms with Crippen LogP contribution in [-0.2, 0) is 14.6 Å². The number of hydrogen-bond acceptors (Lipinski definition) is 4. The second-order valence-electron chi connectivity index (χ2n) is 4.86. The Morgan fingerprint density at radius 1 is 1.41 bits per heavy atom. The van der Waals surface area contributed by atoms with Crippen molar-refractivity contribution < 1.29 is 13.2 Å². The van der Waals surface area contributed by atoms with Gasteiger partial charge in [0.15, 0.2) is 0 Å². The minimum atomic E-state index is -2.92. The first kappa shape index (κ1) is 14.4. The van der Waals surface area contributed by atoms with E-state index in [4.69, 9.17) is 0 Å². The van der Waals surface area contributed by atoms with Crippen LogP contribution in [0.1, 0.15) is 26.2 Å². The van der Waals surface area contributed by atoms with E-state index in [1.54, 1.807) is 0 Å². The van der Waals surface area contributed by atoms with E-state index in [0.717, 1.165) is 19.4 Å². The van der Waals surface area contributed by atoms with Gasteiger partial charge >= 0.3 is 0 Å². The first-order chi connectivity index (χ1) is 7.88. The molecule has 1 aliphatic heterocycles. The molecule has 0 aromatic carbocycles. The molecule has 1 rings (SSSR count). The number of sulfone groups is 1. The molecule has 0 radical (unpaired) electrons. The lowest BCUT2D eigenvalue weighted by Gasteiger charge is -2.26. The van der Waals surface area contributed by atoms with Crippen LogP contribution in [0.5, 0.6) is 0 Å². The molecule has 0 aromatic rings. The summed E-state index contributed by atoms with van der Waals surface area (Å²) in [4.78, 5) is 11.7. The Kier molecular flexibility index (Phi) is 5.39. The SMILES string of the molecule is CC1CCC(C(=O)NCCCS(C)(=O)=O)CN1. The Labute approximate surface area is 103 Å². The lowest BCUT2D eigenvalue weighted by molar-refractivity contribution is -0.125. The topological polar surface area (TPSA) is 75.3 Å². The summed E-state index contributed by atoms with van der Waals surface area (Å²) in [6.07, 6.45) is 3.62. The summed E-state index contributed by atoms with van der Waals surface area (Å²) in [7, 11) is -2.92. The fourth-order valence-electron chi connectivity index (χ4n) is 1.91. The van der Waals surface area contributed by atoms with Gasteiger partial charge in [-0.1, -0.05) is 0 Å². The zero-order valence-corrected chi connectivity index (χ0v) is 11.3. The molecular weight excluding hydrogens is 240 g/mol. The number of rotatable bonds is 5. The van der Waals surface area contributed by atoms with Gasteiger partial charge in [-0.15, -0.1) is 0 Å². The molecule has 0 spiro atoms. The van der Waals surface area contributed by atoms with Gasteiger partial charge in [0.2, 0.25) is 5.91 Å². The van der Waals surface area contributed by atoms with Crippen molar-refractivity contribution in [3.8, 4) is 0 Å². The summed E-state index contributed by atoms with van der Waals surface area (Å²) in [6, 6.07) is 0.490. The highest BCUT2D eigenvalue weighted by Gasteiger charge is 2.23. The fourth-order valence-corrected chi connectivity index (χ4v) is 2.58. The molecule has 1 amide bonds. The van der Waals surface area contributed by atoms with Gasteiger partial charge in [-0.05, 0) is 26.2 Å². The molecule has 100 valence electrons. The van der Waals surface area contributed by atoms with Gasteiger partial charge in [0.25, 0.3) is 0 Å². The third-order valence-electron chi connectivity index (χ3n) is 3.02. The van der Waals surface area contributed by atoms with Crippen LogP contribution in [0.2, 0.25) is 0 Å². The van der Waals surface area contributed by atoms with Crippen LogP contribution in [0.3, 0.4) is 0 Å². The van der Waals surface area contributed by atoms with Gasteiger partial charge in [0.1, 0.15) is 9.84 Å². The highest BCUT2D eigenvalue weighted by atomic mass is 32.2. The smallest absolute Gasteiger partial charge is 0.224 e. The maximum absolute atomic E-state index is 11.7. The molecule has 2 atom stereocenters. The molecule has 2 N–H and O–H groups in total. The molecule has 0 bridgehead atoms. The van der Waals surface area contributed by atoms with E-state index in [1.165, 1.54) is 6.26 Å². The van der Waals surface area contributed by atoms with Crippen molar-refractivity contribution in [1.82, 2.24) is 10.6 Å². The summed E-state index contributed by atoms with van der Waals surface area (Å²) in [5, 5.41) is 6.07. The molecule has 0 saturated carbocycles. The zero-order chi connectivity index (χ0) is 12.9. The van der Waals surface area contributed by atoms with E-state index < -0.39 is 9.84 Å². The maximum Gasteiger partial charge on any atom is 0.224 e. The second kappa shape index (κ2) is 6.35. The van der Waals surface area contributed by atoms with E-state index in [9.17, 15) is 13.2 Å². The fraction of sp³-hybridized carbons (Fsp3) is 0.909. The maximum atomic E-state index is 11.7. The Morgan fingerprint density at radius 3 is 2.65 bits per heavy atom. The highest BCUT2D eigenvalue weighted by Crippen LogP contribution is 2.13. The normalized spacial score (nSPS) is 25.5. The zero-order valence-electron chi connectivity index (χ0n) is 10.5. The van der Waals surface area contributed by atoms with Crippen molar-refractivity contribution in [3.63, 3.8) is 0 Å². The van der Waals surface area contributed by atoms with Gasteiger partial charge in [-0.25, -0.2) is 8.42 Å². The summed E-state index contributed by atoms with van der Waals surface area (Å²) in [5.41, 5.74) is 0. The van der Waals surface area contributed by atoms with E-state index in [1.807, 2.05) is 0 Å². The second-order valence-corrected chi connectivity index (χ2v) is 7.12. The predicted octanol–water partition coefficient (Wildman–Crippen LogP) is -0.0746. The first-order valence-corrected chi connectivity index (χ1v) is 8.13. The number of hydrogen-bond donors (Lipinski definition) is 2. The Balaban J connectivity index is 2.17. The Bertz CT molecular complexity index is 346. The van der Waals surface area contributed by atoms with Crippen LogP contribution in [0.25, 0.3) is 0 Å². The van der Waals surface area contributed by atoms with Gasteiger partial charge in [0.05, 0.1) is 11.7 Å². The number of carbonyl (C=O) groups is 1. The van der Waals surface area contributed by atoms with E-state index in [-0.39, 0.29) is 17.6 Å². The van der Waals surface area contributed by atoms with Crippen molar-refractivity contribution in [1.29, 1.82) is 0 Å². The molecule has 1 fully saturated rings. The molecule has 2 unspecified atom stereocenters. The minimum Gasteiger partial charge on any atom is -0.356 e. The lowest BCUT2D eigenvalue weighted by atomic mass is 9.95. The van der Waals surface area contributed by atoms with E-state index in [0.29, 0.717) is 19.0 Å². The van der Waals surface area contributed by atoms with Crippen LogP contribution in [0.4, 0.5) is 0 Å². The molecule has 0 aliphatic carbocycles. The molecular formula is C11H22N2O3S. The molecule has 1 aliphatic rings. The van der Waals surface area contributed by atoms with Crippen LogP contribution in [0.15, 0.2) is 0 Å². The summed E-state index contributed by atoms with van der Waals surface area (Å²) in [5.74, 6) is 0.204. The molecule has 17 heavy (non-hydrogen) atoms. The van der Waals surface area contributed by atoms with Crippen molar-refractivity contribution >= 4 is 15.7 Å². The third kappa shape index (κ3) is 6.02. The highest BCUT2D eigenvalue weighted by molar-refractivity contribution is 7.90. The molecule has 0 aromatic heterocycles. The quantitative estimate of drug-likeness (QED) is 0.680. The first-order valence-electron chi connectivity index (χ1n) is 6.07. The number of amides is 1. The van der Waals surface area contributed by atoms with Crippen LogP contribution >= 0.6 is 0 Å². The monoisotopic (exact) mass is 262 g/mol. The Hall–Kier alpha value is -0.620. The molecule has 6 heteroatoms. The number of carbonyl (C=O) groups excluding carboxylic acids is 1. The number of piperidine rings is 1. The van der Waals surface area contributed by atoms with Crippen molar-refractivity contribution in [2.75, 3.05) is 25.1 Å². The predicted molar refractivity (Wildman–Crippen MR) is 67.5 cm³/mol. The van der Waals surface area contributed by atoms with E-state index in [2.05, 4.69) is 17.6 Å². The summed E-state index contributed by atoms with van der Waals surface area (Å²) in [6.45, 7) is 3.28. The lowest BCUT2D eigenvalue weighted by Crippen LogP contribution is -2.44. The standard InChI is InChI=1S/C11H22N2O3S/c1-9-4-5-10(8-13-9)11(14)12-6-3-7-17(2,15)16/h9-10,13H,3-8H2,1-2H3,(H,12,14). The average molecular weight is 262 g/mol. The van der Waals surface area contributed by atoms with E-state index >= 15 is 0 Å². The minimum absolute atomic E-state index is 0.0319. The van der Waals surface area contributed by atoms with Crippen LogP contribution in [0, 0.1) is 5.92 Å². The van der Waals surface area contributed by atoms with Crippen molar-refractivity contribution in [3.05, 3.63) is 0 Å². The van der Waals surface area contributed by atoms with Crippen molar-refractivity contribution in [2.45, 2.75) is 32.2 Å². The molecule has 1 saturated heterocycles.